The van der Waals surface area contributed by atoms with Crippen LogP contribution in [0.15, 0.2) is 42.5 Å². The molecule has 0 unspecified atom stereocenters. The summed E-state index contributed by atoms with van der Waals surface area (Å²) in [6, 6.07) is 13.5. The second-order valence-electron chi connectivity index (χ2n) is 3.73. The van der Waals surface area contributed by atoms with Crippen LogP contribution >= 0.6 is 22.9 Å². The summed E-state index contributed by atoms with van der Waals surface area (Å²) >= 11 is 7.74. The molecule has 1 aromatic heterocycles. The molecule has 0 radical (unpaired) electrons. The number of halogens is 1. The van der Waals surface area contributed by atoms with Gasteiger partial charge < -0.3 is 5.73 Å². The van der Waals surface area contributed by atoms with Crippen molar-refractivity contribution in [3.8, 4) is 10.6 Å². The topological polar surface area (TPSA) is 38.9 Å². The zero-order chi connectivity index (χ0) is 11.8. The van der Waals surface area contributed by atoms with Crippen molar-refractivity contribution < 1.29 is 0 Å². The number of para-hydroxylation sites is 1. The highest BCUT2D eigenvalue weighted by Crippen LogP contribution is 2.33. The van der Waals surface area contributed by atoms with Gasteiger partial charge in [-0.25, -0.2) is 4.98 Å². The summed E-state index contributed by atoms with van der Waals surface area (Å²) in [6.45, 7) is 0. The Morgan fingerprint density at radius 3 is 2.53 bits per heavy atom. The van der Waals surface area contributed by atoms with E-state index >= 15 is 0 Å². The summed E-state index contributed by atoms with van der Waals surface area (Å²) in [5, 5.41) is 1.66. The maximum atomic E-state index is 6.11. The van der Waals surface area contributed by atoms with E-state index in [1.807, 2.05) is 42.5 Å². The lowest BCUT2D eigenvalue weighted by atomic mass is 10.2. The van der Waals surface area contributed by atoms with E-state index in [9.17, 15) is 0 Å². The van der Waals surface area contributed by atoms with Gasteiger partial charge in [-0.15, -0.1) is 11.3 Å². The molecular weight excluding hydrogens is 252 g/mol. The first-order valence-electron chi connectivity index (χ1n) is 5.15. The molecule has 0 aliphatic heterocycles. The number of hydrogen-bond acceptors (Lipinski definition) is 3. The summed E-state index contributed by atoms with van der Waals surface area (Å²) in [5.74, 6) is 0. The number of hydrogen-bond donors (Lipinski definition) is 1. The Kier molecular flexibility index (Phi) is 2.50. The molecule has 3 aromatic rings. The molecule has 84 valence electrons. The first-order chi connectivity index (χ1) is 8.24. The monoisotopic (exact) mass is 260 g/mol. The van der Waals surface area contributed by atoms with Gasteiger partial charge in [0, 0.05) is 11.3 Å². The summed E-state index contributed by atoms with van der Waals surface area (Å²) < 4.78 is 1.10. The van der Waals surface area contributed by atoms with Gasteiger partial charge in [-0.3, -0.25) is 0 Å². The Balaban J connectivity index is 2.18. The predicted octanol–water partition coefficient (Wildman–Crippen LogP) is 4.20. The number of nitrogen functional groups attached to an aromatic ring is 1. The largest absolute Gasteiger partial charge is 0.399 e. The molecule has 1 heterocycles. The van der Waals surface area contributed by atoms with Gasteiger partial charge >= 0.3 is 0 Å². The number of benzene rings is 2. The van der Waals surface area contributed by atoms with E-state index in [1.165, 1.54) is 0 Å². The van der Waals surface area contributed by atoms with Crippen molar-refractivity contribution in [2.45, 2.75) is 0 Å². The van der Waals surface area contributed by atoms with E-state index in [-0.39, 0.29) is 0 Å². The zero-order valence-electron chi connectivity index (χ0n) is 8.85. The number of rotatable bonds is 1. The predicted molar refractivity (Wildman–Crippen MR) is 74.5 cm³/mol. The van der Waals surface area contributed by atoms with Gasteiger partial charge in [-0.05, 0) is 36.4 Å². The van der Waals surface area contributed by atoms with Crippen molar-refractivity contribution in [2.24, 2.45) is 0 Å². The van der Waals surface area contributed by atoms with E-state index in [0.29, 0.717) is 5.02 Å². The van der Waals surface area contributed by atoms with E-state index < -0.39 is 0 Å². The van der Waals surface area contributed by atoms with Crippen LogP contribution in [0.2, 0.25) is 5.02 Å². The Bertz CT molecular complexity index is 673. The molecule has 17 heavy (non-hydrogen) atoms. The Morgan fingerprint density at radius 1 is 1.06 bits per heavy atom. The lowest BCUT2D eigenvalue weighted by Gasteiger charge is -1.96. The summed E-state index contributed by atoms with van der Waals surface area (Å²) in [6.07, 6.45) is 0. The summed E-state index contributed by atoms with van der Waals surface area (Å²) in [4.78, 5) is 4.56. The Labute approximate surface area is 108 Å². The molecule has 0 spiro atoms. The van der Waals surface area contributed by atoms with Crippen molar-refractivity contribution >= 4 is 38.8 Å². The van der Waals surface area contributed by atoms with Crippen LogP contribution in [0.1, 0.15) is 0 Å². The molecule has 0 saturated carbocycles. The fourth-order valence-electron chi connectivity index (χ4n) is 1.66. The highest BCUT2D eigenvalue weighted by Gasteiger charge is 2.08. The van der Waals surface area contributed by atoms with Crippen LogP contribution in [0.3, 0.4) is 0 Å². The van der Waals surface area contributed by atoms with Crippen molar-refractivity contribution in [3.05, 3.63) is 47.5 Å². The molecule has 0 bridgehead atoms. The van der Waals surface area contributed by atoms with Gasteiger partial charge in [-0.2, -0.15) is 0 Å². The average Bonchev–Trinajstić information content (AvgIpc) is 2.75. The van der Waals surface area contributed by atoms with Gasteiger partial charge in [0.05, 0.1) is 9.72 Å². The van der Waals surface area contributed by atoms with Gasteiger partial charge in [-0.1, -0.05) is 17.7 Å². The first kappa shape index (κ1) is 10.6. The lowest BCUT2D eigenvalue weighted by Crippen LogP contribution is -1.83. The number of anilines is 1. The average molecular weight is 261 g/mol. The van der Waals surface area contributed by atoms with Crippen LogP contribution in [0.25, 0.3) is 20.8 Å². The third-order valence-corrected chi connectivity index (χ3v) is 3.90. The summed E-state index contributed by atoms with van der Waals surface area (Å²) in [5.41, 5.74) is 8.36. The van der Waals surface area contributed by atoms with Gasteiger partial charge in [0.2, 0.25) is 0 Å². The maximum absolute atomic E-state index is 6.11. The van der Waals surface area contributed by atoms with E-state index in [0.717, 1.165) is 26.5 Å². The highest BCUT2D eigenvalue weighted by molar-refractivity contribution is 7.21. The third-order valence-electron chi connectivity index (χ3n) is 2.53. The molecular formula is C13H9ClN2S. The van der Waals surface area contributed by atoms with Crippen LogP contribution in [-0.4, -0.2) is 4.98 Å². The number of aromatic nitrogens is 1. The zero-order valence-corrected chi connectivity index (χ0v) is 10.4. The fourth-order valence-corrected chi connectivity index (χ4v) is 2.93. The molecule has 0 fully saturated rings. The Morgan fingerprint density at radius 2 is 1.82 bits per heavy atom. The van der Waals surface area contributed by atoms with Crippen molar-refractivity contribution in [2.75, 3.05) is 5.73 Å². The van der Waals surface area contributed by atoms with Crippen LogP contribution in [0.4, 0.5) is 5.69 Å². The fraction of sp³-hybridized carbons (Fsp3) is 0. The molecule has 4 heteroatoms. The smallest absolute Gasteiger partial charge is 0.124 e. The Hall–Kier alpha value is -1.58. The minimum absolute atomic E-state index is 0.695. The van der Waals surface area contributed by atoms with Crippen molar-refractivity contribution in [3.63, 3.8) is 0 Å². The van der Waals surface area contributed by atoms with Crippen LogP contribution in [0.5, 0.6) is 0 Å². The molecule has 0 aliphatic rings. The SMILES string of the molecule is Nc1ccc(-c2nc3c(Cl)cccc3s2)cc1. The van der Waals surface area contributed by atoms with Crippen LogP contribution < -0.4 is 5.73 Å². The maximum Gasteiger partial charge on any atom is 0.124 e. The number of nitrogens with two attached hydrogens (primary N) is 1. The molecule has 2 nitrogen and oxygen atoms in total. The van der Waals surface area contributed by atoms with E-state index in [2.05, 4.69) is 4.98 Å². The quantitative estimate of drug-likeness (QED) is 0.666. The molecule has 0 aliphatic carbocycles. The number of thiazole rings is 1. The van der Waals surface area contributed by atoms with Crippen LogP contribution in [0, 0.1) is 0 Å². The molecule has 2 aromatic carbocycles. The third kappa shape index (κ3) is 1.88. The van der Waals surface area contributed by atoms with Crippen molar-refractivity contribution in [1.29, 1.82) is 0 Å². The first-order valence-corrected chi connectivity index (χ1v) is 6.34. The molecule has 0 saturated heterocycles. The normalized spacial score (nSPS) is 10.9. The second-order valence-corrected chi connectivity index (χ2v) is 5.17. The highest BCUT2D eigenvalue weighted by atomic mass is 35.5. The standard InChI is InChI=1S/C13H9ClN2S/c14-10-2-1-3-11-12(10)16-13(17-11)8-4-6-9(15)7-5-8/h1-7H,15H2. The van der Waals surface area contributed by atoms with E-state index in [4.69, 9.17) is 17.3 Å². The number of fused-ring (bicyclic) bond motifs is 1. The molecule has 0 atom stereocenters. The molecule has 0 amide bonds. The number of nitrogens with zero attached hydrogens (tertiary/aromatic N) is 1. The minimum atomic E-state index is 0.695. The van der Waals surface area contributed by atoms with Crippen molar-refractivity contribution in [1.82, 2.24) is 4.98 Å². The van der Waals surface area contributed by atoms with Gasteiger partial charge in [0.15, 0.2) is 0 Å². The van der Waals surface area contributed by atoms with Gasteiger partial charge in [0.25, 0.3) is 0 Å². The minimum Gasteiger partial charge on any atom is -0.399 e. The van der Waals surface area contributed by atoms with Gasteiger partial charge in [0.1, 0.15) is 10.5 Å². The second kappa shape index (κ2) is 4.02. The molecule has 2 N–H and O–H groups in total. The summed E-state index contributed by atoms with van der Waals surface area (Å²) in [7, 11) is 0. The van der Waals surface area contributed by atoms with E-state index in [1.54, 1.807) is 11.3 Å². The van der Waals surface area contributed by atoms with Crippen LogP contribution in [-0.2, 0) is 0 Å². The molecule has 3 rings (SSSR count). The lowest BCUT2D eigenvalue weighted by molar-refractivity contribution is 1.48.